The van der Waals surface area contributed by atoms with E-state index in [2.05, 4.69) is 25.8 Å². The van der Waals surface area contributed by atoms with Crippen molar-refractivity contribution in [2.45, 2.75) is 12.5 Å². The molecular weight excluding hydrogens is 449 g/mol. The van der Waals surface area contributed by atoms with Crippen LogP contribution >= 0.6 is 35.3 Å². The monoisotopic (exact) mass is 471 g/mol. The molecule has 1 saturated heterocycles. The predicted octanol–water partition coefficient (Wildman–Crippen LogP) is 2.20. The van der Waals surface area contributed by atoms with Crippen molar-refractivity contribution in [2.24, 2.45) is 10.7 Å². The normalized spacial score (nSPS) is 20.0. The van der Waals surface area contributed by atoms with Crippen LogP contribution in [0.5, 0.6) is 5.75 Å². The van der Waals surface area contributed by atoms with Gasteiger partial charge in [-0.25, -0.2) is 9.98 Å². The van der Waals surface area contributed by atoms with Gasteiger partial charge in [-0.3, -0.25) is 0 Å². The number of guanidine groups is 1. The first-order valence-corrected chi connectivity index (χ1v) is 9.11. The topological polar surface area (TPSA) is 67.0 Å². The van der Waals surface area contributed by atoms with E-state index in [1.54, 1.807) is 11.3 Å². The first-order chi connectivity index (χ1) is 11.8. The fourth-order valence-electron chi connectivity index (χ4n) is 3.15. The number of thiazole rings is 1. The minimum Gasteiger partial charge on any atom is -0.488 e. The summed E-state index contributed by atoms with van der Waals surface area (Å²) in [6.45, 7) is 4.21. The van der Waals surface area contributed by atoms with Crippen LogP contribution in [0, 0.1) is 0 Å². The van der Waals surface area contributed by atoms with Gasteiger partial charge in [-0.2, -0.15) is 0 Å². The van der Waals surface area contributed by atoms with E-state index in [0.717, 1.165) is 43.5 Å². The summed E-state index contributed by atoms with van der Waals surface area (Å²) in [5, 5.41) is 3.10. The third-order valence-electron chi connectivity index (χ3n) is 4.46. The summed E-state index contributed by atoms with van der Waals surface area (Å²) in [7, 11) is 0. The van der Waals surface area contributed by atoms with Gasteiger partial charge in [0.1, 0.15) is 11.9 Å². The second kappa shape index (κ2) is 8.22. The molecule has 1 aromatic carbocycles. The van der Waals surface area contributed by atoms with Crippen LogP contribution in [0.3, 0.4) is 0 Å². The molecule has 0 aliphatic carbocycles. The second-order valence-electron chi connectivity index (χ2n) is 6.04. The lowest BCUT2D eigenvalue weighted by molar-refractivity contribution is 0.241. The lowest BCUT2D eigenvalue weighted by atomic mass is 10.1. The van der Waals surface area contributed by atoms with Gasteiger partial charge in [-0.05, 0) is 11.6 Å². The van der Waals surface area contributed by atoms with Gasteiger partial charge in [0.25, 0.3) is 0 Å². The molecule has 0 amide bonds. The average Bonchev–Trinajstić information content (AvgIpc) is 3.29. The lowest BCUT2D eigenvalue weighted by Crippen LogP contribution is -2.51. The third kappa shape index (κ3) is 4.17. The molecule has 1 unspecified atom stereocenters. The first-order valence-electron chi connectivity index (χ1n) is 8.23. The van der Waals surface area contributed by atoms with E-state index >= 15 is 0 Å². The highest BCUT2D eigenvalue weighted by atomic mass is 127. The number of fused-ring (bicyclic) bond motifs is 1. The summed E-state index contributed by atoms with van der Waals surface area (Å²) >= 11 is 1.68. The van der Waals surface area contributed by atoms with Crippen LogP contribution < -0.4 is 15.4 Å². The van der Waals surface area contributed by atoms with Crippen molar-refractivity contribution in [3.05, 3.63) is 41.4 Å². The third-order valence-corrected chi connectivity index (χ3v) is 5.30. The van der Waals surface area contributed by atoms with Crippen LogP contribution in [0.1, 0.15) is 5.56 Å². The summed E-state index contributed by atoms with van der Waals surface area (Å²) in [6, 6.07) is 8.17. The van der Waals surface area contributed by atoms with Crippen molar-refractivity contribution in [1.29, 1.82) is 0 Å². The number of piperazine rings is 1. The van der Waals surface area contributed by atoms with E-state index in [1.165, 1.54) is 5.56 Å². The number of rotatable bonds is 3. The summed E-state index contributed by atoms with van der Waals surface area (Å²) in [6.07, 6.45) is 2.85. The maximum atomic E-state index is 6.18. The summed E-state index contributed by atoms with van der Waals surface area (Å²) < 4.78 is 5.91. The van der Waals surface area contributed by atoms with Gasteiger partial charge in [-0.15, -0.1) is 35.3 Å². The van der Waals surface area contributed by atoms with E-state index in [0.29, 0.717) is 12.5 Å². The van der Waals surface area contributed by atoms with Crippen LogP contribution in [0.4, 0.5) is 5.13 Å². The van der Waals surface area contributed by atoms with Gasteiger partial charge < -0.3 is 20.3 Å². The molecule has 6 nitrogen and oxygen atoms in total. The number of benzene rings is 1. The average molecular weight is 471 g/mol. The zero-order chi connectivity index (χ0) is 16.4. The fourth-order valence-corrected chi connectivity index (χ4v) is 3.85. The van der Waals surface area contributed by atoms with Crippen LogP contribution in [0.25, 0.3) is 0 Å². The number of halogens is 1. The standard InChI is InChI=1S/C17H21N5OS.HI/c18-16(20-12-14-11-13-3-1-2-4-15(13)23-14)21-6-8-22(9-7-21)17-19-5-10-24-17;/h1-5,10,14H,6-9,11-12H2,(H2,18,20);1H. The van der Waals surface area contributed by atoms with Crippen LogP contribution in [-0.2, 0) is 6.42 Å². The Balaban J connectivity index is 0.00000182. The Morgan fingerprint density at radius 2 is 2.08 bits per heavy atom. The Labute approximate surface area is 168 Å². The van der Waals surface area contributed by atoms with Crippen molar-refractivity contribution in [1.82, 2.24) is 9.88 Å². The fraction of sp³-hybridized carbons (Fsp3) is 0.412. The number of para-hydroxylation sites is 1. The van der Waals surface area contributed by atoms with E-state index in [1.807, 2.05) is 29.8 Å². The molecule has 1 aromatic heterocycles. The molecular formula is C17H22IN5OS. The van der Waals surface area contributed by atoms with Crippen molar-refractivity contribution >= 4 is 46.4 Å². The van der Waals surface area contributed by atoms with Crippen molar-refractivity contribution in [3.63, 3.8) is 0 Å². The quantitative estimate of drug-likeness (QED) is 0.423. The molecule has 2 N–H and O–H groups in total. The summed E-state index contributed by atoms with van der Waals surface area (Å²) in [5.41, 5.74) is 7.44. The molecule has 25 heavy (non-hydrogen) atoms. The Morgan fingerprint density at radius 3 is 2.80 bits per heavy atom. The van der Waals surface area contributed by atoms with Gasteiger partial charge in [-0.1, -0.05) is 18.2 Å². The zero-order valence-electron chi connectivity index (χ0n) is 13.9. The maximum Gasteiger partial charge on any atom is 0.191 e. The minimum absolute atomic E-state index is 0. The van der Waals surface area contributed by atoms with Gasteiger partial charge in [0.05, 0.1) is 6.54 Å². The number of nitrogens with two attached hydrogens (primary N) is 1. The zero-order valence-corrected chi connectivity index (χ0v) is 17.0. The molecule has 2 aromatic rings. The largest absolute Gasteiger partial charge is 0.488 e. The van der Waals surface area contributed by atoms with E-state index in [4.69, 9.17) is 10.5 Å². The molecule has 1 fully saturated rings. The highest BCUT2D eigenvalue weighted by Crippen LogP contribution is 2.28. The van der Waals surface area contributed by atoms with Gasteiger partial charge in [0, 0.05) is 44.2 Å². The number of ether oxygens (including phenoxy) is 1. The van der Waals surface area contributed by atoms with E-state index in [-0.39, 0.29) is 30.1 Å². The van der Waals surface area contributed by atoms with Gasteiger partial charge in [0.15, 0.2) is 11.1 Å². The summed E-state index contributed by atoms with van der Waals surface area (Å²) in [5.74, 6) is 1.60. The Kier molecular flexibility index (Phi) is 6.00. The highest BCUT2D eigenvalue weighted by Gasteiger charge is 2.23. The second-order valence-corrected chi connectivity index (χ2v) is 6.91. The van der Waals surface area contributed by atoms with Crippen LogP contribution in [0.15, 0.2) is 40.8 Å². The molecule has 0 saturated carbocycles. The number of nitrogens with zero attached hydrogens (tertiary/aromatic N) is 4. The molecule has 2 aliphatic heterocycles. The summed E-state index contributed by atoms with van der Waals surface area (Å²) in [4.78, 5) is 13.4. The Bertz CT molecular complexity index is 691. The molecule has 1 atom stereocenters. The smallest absolute Gasteiger partial charge is 0.191 e. The number of aromatic nitrogens is 1. The van der Waals surface area contributed by atoms with Crippen molar-refractivity contribution < 1.29 is 4.74 Å². The molecule has 8 heteroatoms. The van der Waals surface area contributed by atoms with Gasteiger partial charge >= 0.3 is 0 Å². The number of aliphatic imine (C=N–C) groups is 1. The van der Waals surface area contributed by atoms with Crippen molar-refractivity contribution in [3.8, 4) is 5.75 Å². The molecule has 0 bridgehead atoms. The molecule has 4 rings (SSSR count). The molecule has 134 valence electrons. The molecule has 0 spiro atoms. The maximum absolute atomic E-state index is 6.18. The van der Waals surface area contributed by atoms with E-state index < -0.39 is 0 Å². The number of hydrogen-bond donors (Lipinski definition) is 1. The number of anilines is 1. The minimum atomic E-state index is 0. The number of hydrogen-bond acceptors (Lipinski definition) is 5. The Morgan fingerprint density at radius 1 is 1.28 bits per heavy atom. The SMILES string of the molecule is I.NC(=NCC1Cc2ccccc2O1)N1CCN(c2nccs2)CC1. The van der Waals surface area contributed by atoms with Gasteiger partial charge in [0.2, 0.25) is 0 Å². The molecule has 3 heterocycles. The molecule has 0 radical (unpaired) electrons. The first kappa shape index (κ1) is 18.2. The predicted molar refractivity (Wildman–Crippen MR) is 112 cm³/mol. The lowest BCUT2D eigenvalue weighted by Gasteiger charge is -2.35. The van der Waals surface area contributed by atoms with E-state index in [9.17, 15) is 0 Å². The molecule has 2 aliphatic rings. The van der Waals surface area contributed by atoms with Crippen LogP contribution in [0.2, 0.25) is 0 Å². The highest BCUT2D eigenvalue weighted by molar-refractivity contribution is 14.0. The van der Waals surface area contributed by atoms with Crippen LogP contribution in [-0.4, -0.2) is 54.7 Å². The van der Waals surface area contributed by atoms with Crippen molar-refractivity contribution in [2.75, 3.05) is 37.6 Å². The Hall–Kier alpha value is -1.55.